The fourth-order valence-corrected chi connectivity index (χ4v) is 4.71. The Morgan fingerprint density at radius 3 is 1.52 bits per heavy atom. The van der Waals surface area contributed by atoms with Crippen LogP contribution in [-0.2, 0) is 0 Å². The van der Waals surface area contributed by atoms with Gasteiger partial charge in [-0.3, -0.25) is 0 Å². The Hall–Kier alpha value is -1.65. The molecule has 4 atom stereocenters. The molecule has 0 bridgehead atoms. The third-order valence-corrected chi connectivity index (χ3v) is 7.10. The van der Waals surface area contributed by atoms with Crippen LogP contribution in [0.15, 0.2) is 53.4 Å². The van der Waals surface area contributed by atoms with E-state index in [0.717, 1.165) is 34.8 Å². The first kappa shape index (κ1) is 18.2. The minimum atomic E-state index is 0.672. The van der Waals surface area contributed by atoms with Crippen molar-refractivity contribution in [2.45, 2.75) is 38.5 Å². The van der Waals surface area contributed by atoms with Gasteiger partial charge < -0.3 is 0 Å². The number of thioether (sulfide) groups is 1. The molecule has 0 amide bonds. The molecule has 0 aliphatic heterocycles. The van der Waals surface area contributed by atoms with Crippen molar-refractivity contribution < 1.29 is 0 Å². The van der Waals surface area contributed by atoms with Crippen LogP contribution < -0.4 is 0 Å². The SMILES string of the molecule is CSc1ccc(C#Cc2ccc(C3C(C)C(C)C(C)C3C)cc2)cc1. The van der Waals surface area contributed by atoms with Gasteiger partial charge in [0.1, 0.15) is 0 Å². The van der Waals surface area contributed by atoms with E-state index < -0.39 is 0 Å². The summed E-state index contributed by atoms with van der Waals surface area (Å²) in [6, 6.07) is 17.4. The van der Waals surface area contributed by atoms with Crippen LogP contribution >= 0.6 is 11.8 Å². The molecule has 2 aromatic rings. The normalized spacial score (nSPS) is 28.4. The lowest BCUT2D eigenvalue weighted by atomic mass is 9.83. The van der Waals surface area contributed by atoms with E-state index in [1.54, 1.807) is 11.8 Å². The summed E-state index contributed by atoms with van der Waals surface area (Å²) in [5.74, 6) is 10.3. The van der Waals surface area contributed by atoms with Crippen molar-refractivity contribution in [3.63, 3.8) is 0 Å². The lowest BCUT2D eigenvalue weighted by Gasteiger charge is -2.22. The van der Waals surface area contributed by atoms with Gasteiger partial charge in [-0.25, -0.2) is 0 Å². The Kier molecular flexibility index (Phi) is 5.60. The Balaban J connectivity index is 1.76. The van der Waals surface area contributed by atoms with Gasteiger partial charge in [0.25, 0.3) is 0 Å². The number of hydrogen-bond acceptors (Lipinski definition) is 1. The zero-order chi connectivity index (χ0) is 18.0. The van der Waals surface area contributed by atoms with Crippen LogP contribution in [0.2, 0.25) is 0 Å². The number of hydrogen-bond donors (Lipinski definition) is 0. The molecule has 0 aromatic heterocycles. The van der Waals surface area contributed by atoms with Crippen LogP contribution in [0.4, 0.5) is 0 Å². The van der Waals surface area contributed by atoms with Crippen molar-refractivity contribution in [1.29, 1.82) is 0 Å². The van der Waals surface area contributed by atoms with E-state index in [1.807, 2.05) is 0 Å². The minimum Gasteiger partial charge on any atom is -0.130 e. The van der Waals surface area contributed by atoms with E-state index in [0.29, 0.717) is 5.92 Å². The second-order valence-electron chi connectivity index (χ2n) is 7.56. The topological polar surface area (TPSA) is 0 Å². The van der Waals surface area contributed by atoms with Crippen molar-refractivity contribution in [2.75, 3.05) is 6.26 Å². The summed E-state index contributed by atoms with van der Waals surface area (Å²) in [4.78, 5) is 1.28. The van der Waals surface area contributed by atoms with Gasteiger partial charge in [-0.1, -0.05) is 51.7 Å². The monoisotopic (exact) mass is 348 g/mol. The van der Waals surface area contributed by atoms with Crippen molar-refractivity contribution in [3.05, 3.63) is 65.2 Å². The summed E-state index contributed by atoms with van der Waals surface area (Å²) in [5, 5.41) is 0. The molecule has 1 fully saturated rings. The predicted octanol–water partition coefficient (Wildman–Crippen LogP) is 6.45. The standard InChI is InChI=1S/C24H28S/c1-16-17(2)19(4)24(18(16)3)22-12-8-20(9-13-22)6-7-21-10-14-23(25-5)15-11-21/h8-19,24H,1-5H3. The van der Waals surface area contributed by atoms with Gasteiger partial charge in [-0.15, -0.1) is 11.8 Å². The highest BCUT2D eigenvalue weighted by atomic mass is 32.2. The van der Waals surface area contributed by atoms with Gasteiger partial charge in [-0.05, 0) is 77.8 Å². The average molecular weight is 349 g/mol. The van der Waals surface area contributed by atoms with Gasteiger partial charge in [0.05, 0.1) is 0 Å². The molecule has 1 saturated carbocycles. The van der Waals surface area contributed by atoms with Crippen molar-refractivity contribution >= 4 is 11.8 Å². The molecule has 1 aliphatic rings. The third kappa shape index (κ3) is 3.80. The summed E-state index contributed by atoms with van der Waals surface area (Å²) in [7, 11) is 0. The molecule has 0 saturated heterocycles. The highest BCUT2D eigenvalue weighted by Crippen LogP contribution is 2.50. The summed E-state index contributed by atoms with van der Waals surface area (Å²) >= 11 is 1.76. The first-order valence-corrected chi connectivity index (χ1v) is 10.5. The Labute approximate surface area is 157 Å². The Bertz CT molecular complexity index is 746. The molecule has 130 valence electrons. The van der Waals surface area contributed by atoms with Crippen LogP contribution in [0, 0.1) is 35.5 Å². The van der Waals surface area contributed by atoms with Crippen molar-refractivity contribution in [3.8, 4) is 11.8 Å². The van der Waals surface area contributed by atoms with Crippen LogP contribution in [-0.4, -0.2) is 6.26 Å². The summed E-state index contributed by atoms with van der Waals surface area (Å²) in [6.07, 6.45) is 2.09. The first-order chi connectivity index (χ1) is 12.0. The predicted molar refractivity (Wildman–Crippen MR) is 110 cm³/mol. The second-order valence-corrected chi connectivity index (χ2v) is 8.44. The molecule has 0 nitrogen and oxygen atoms in total. The van der Waals surface area contributed by atoms with Gasteiger partial charge >= 0.3 is 0 Å². The van der Waals surface area contributed by atoms with Crippen LogP contribution in [0.25, 0.3) is 0 Å². The van der Waals surface area contributed by atoms with Crippen molar-refractivity contribution in [1.82, 2.24) is 0 Å². The number of benzene rings is 2. The maximum absolute atomic E-state index is 3.30. The van der Waals surface area contributed by atoms with Gasteiger partial charge in [-0.2, -0.15) is 0 Å². The van der Waals surface area contributed by atoms with E-state index in [4.69, 9.17) is 0 Å². The fourth-order valence-electron chi connectivity index (χ4n) is 4.31. The molecular formula is C24H28S. The Morgan fingerprint density at radius 2 is 1.08 bits per heavy atom. The fraction of sp³-hybridized carbons (Fsp3) is 0.417. The van der Waals surface area contributed by atoms with E-state index in [1.165, 1.54) is 10.5 Å². The maximum Gasteiger partial charge on any atom is 0.0249 e. The minimum absolute atomic E-state index is 0.672. The zero-order valence-electron chi connectivity index (χ0n) is 15.9. The van der Waals surface area contributed by atoms with Gasteiger partial charge in [0, 0.05) is 16.0 Å². The molecule has 3 rings (SSSR count). The second kappa shape index (κ2) is 7.71. The Morgan fingerprint density at radius 1 is 0.640 bits per heavy atom. The average Bonchev–Trinajstić information content (AvgIpc) is 2.84. The summed E-state index contributed by atoms with van der Waals surface area (Å²) < 4.78 is 0. The van der Waals surface area contributed by atoms with E-state index in [-0.39, 0.29) is 0 Å². The van der Waals surface area contributed by atoms with Gasteiger partial charge in [0.15, 0.2) is 0 Å². The van der Waals surface area contributed by atoms with E-state index >= 15 is 0 Å². The van der Waals surface area contributed by atoms with Crippen molar-refractivity contribution in [2.24, 2.45) is 23.7 Å². The highest BCUT2D eigenvalue weighted by Gasteiger charge is 2.41. The molecule has 2 aromatic carbocycles. The summed E-state index contributed by atoms with van der Waals surface area (Å²) in [5.41, 5.74) is 3.64. The molecule has 1 aliphatic carbocycles. The highest BCUT2D eigenvalue weighted by molar-refractivity contribution is 7.98. The van der Waals surface area contributed by atoms with Gasteiger partial charge in [0.2, 0.25) is 0 Å². The number of rotatable bonds is 2. The largest absolute Gasteiger partial charge is 0.130 e. The molecule has 0 N–H and O–H groups in total. The van der Waals surface area contributed by atoms with Crippen LogP contribution in [0.3, 0.4) is 0 Å². The van der Waals surface area contributed by atoms with Crippen LogP contribution in [0.1, 0.15) is 50.3 Å². The molecule has 0 radical (unpaired) electrons. The molecular weight excluding hydrogens is 320 g/mol. The molecule has 0 spiro atoms. The summed E-state index contributed by atoms with van der Waals surface area (Å²) in [6.45, 7) is 9.66. The molecule has 25 heavy (non-hydrogen) atoms. The van der Waals surface area contributed by atoms with Crippen LogP contribution in [0.5, 0.6) is 0 Å². The maximum atomic E-state index is 3.30. The quantitative estimate of drug-likeness (QED) is 0.444. The zero-order valence-corrected chi connectivity index (χ0v) is 16.7. The molecule has 0 heterocycles. The van der Waals surface area contributed by atoms with E-state index in [9.17, 15) is 0 Å². The molecule has 1 heteroatoms. The lowest BCUT2D eigenvalue weighted by Crippen LogP contribution is -2.10. The van der Waals surface area contributed by atoms with E-state index in [2.05, 4.69) is 94.3 Å². The first-order valence-electron chi connectivity index (χ1n) is 9.27. The smallest absolute Gasteiger partial charge is 0.0249 e. The third-order valence-electron chi connectivity index (χ3n) is 6.36. The lowest BCUT2D eigenvalue weighted by molar-refractivity contribution is 0.352. The molecule has 4 unspecified atom stereocenters.